The maximum absolute atomic E-state index is 13.0. The standard InChI is InChI=1S/C9H12FNO/c1-6(2)9-7(10)4-5-8(11-9)12-3/h4-6H,1-3H3. The molecule has 0 N–H and O–H groups in total. The monoisotopic (exact) mass is 169 g/mol. The minimum Gasteiger partial charge on any atom is -0.481 e. The maximum atomic E-state index is 13.0. The van der Waals surface area contributed by atoms with Crippen LogP contribution < -0.4 is 4.74 Å². The maximum Gasteiger partial charge on any atom is 0.213 e. The molecule has 12 heavy (non-hydrogen) atoms. The smallest absolute Gasteiger partial charge is 0.213 e. The average molecular weight is 169 g/mol. The largest absolute Gasteiger partial charge is 0.481 e. The Morgan fingerprint density at radius 2 is 2.08 bits per heavy atom. The summed E-state index contributed by atoms with van der Waals surface area (Å²) in [7, 11) is 1.52. The molecule has 2 nitrogen and oxygen atoms in total. The van der Waals surface area contributed by atoms with Crippen molar-refractivity contribution in [2.24, 2.45) is 0 Å². The first-order valence-corrected chi connectivity index (χ1v) is 3.85. The van der Waals surface area contributed by atoms with Gasteiger partial charge in [0.2, 0.25) is 5.88 Å². The van der Waals surface area contributed by atoms with Crippen LogP contribution in [-0.2, 0) is 0 Å². The molecule has 1 aromatic heterocycles. The molecular formula is C9H12FNO. The molecule has 1 aromatic rings. The lowest BCUT2D eigenvalue weighted by Crippen LogP contribution is -1.99. The highest BCUT2D eigenvalue weighted by atomic mass is 19.1. The Kier molecular flexibility index (Phi) is 2.63. The van der Waals surface area contributed by atoms with Crippen molar-refractivity contribution in [1.82, 2.24) is 4.98 Å². The third kappa shape index (κ3) is 1.72. The van der Waals surface area contributed by atoms with Gasteiger partial charge in [0.05, 0.1) is 12.8 Å². The van der Waals surface area contributed by atoms with E-state index in [-0.39, 0.29) is 11.7 Å². The summed E-state index contributed by atoms with van der Waals surface area (Å²) in [5.74, 6) is 0.269. The Bertz CT molecular complexity index is 273. The van der Waals surface area contributed by atoms with Crippen molar-refractivity contribution in [1.29, 1.82) is 0 Å². The number of pyridine rings is 1. The molecule has 66 valence electrons. The van der Waals surface area contributed by atoms with E-state index in [1.807, 2.05) is 13.8 Å². The van der Waals surface area contributed by atoms with Crippen LogP contribution in [0.1, 0.15) is 25.5 Å². The minimum absolute atomic E-state index is 0.0834. The van der Waals surface area contributed by atoms with Crippen LogP contribution in [0, 0.1) is 5.82 Å². The van der Waals surface area contributed by atoms with Crippen LogP contribution in [0.5, 0.6) is 5.88 Å². The third-order valence-corrected chi connectivity index (χ3v) is 1.60. The van der Waals surface area contributed by atoms with Gasteiger partial charge in [-0.3, -0.25) is 0 Å². The predicted molar refractivity (Wildman–Crippen MR) is 44.8 cm³/mol. The third-order valence-electron chi connectivity index (χ3n) is 1.60. The van der Waals surface area contributed by atoms with Gasteiger partial charge in [-0.1, -0.05) is 13.8 Å². The Morgan fingerprint density at radius 3 is 2.58 bits per heavy atom. The molecule has 1 rings (SSSR count). The van der Waals surface area contributed by atoms with Crippen molar-refractivity contribution < 1.29 is 9.13 Å². The molecule has 0 atom stereocenters. The lowest BCUT2D eigenvalue weighted by Gasteiger charge is -2.06. The van der Waals surface area contributed by atoms with E-state index in [2.05, 4.69) is 4.98 Å². The zero-order valence-corrected chi connectivity index (χ0v) is 7.47. The summed E-state index contributed by atoms with van der Waals surface area (Å²) in [6.45, 7) is 3.79. The van der Waals surface area contributed by atoms with Crippen molar-refractivity contribution in [3.63, 3.8) is 0 Å². The van der Waals surface area contributed by atoms with E-state index in [9.17, 15) is 4.39 Å². The fourth-order valence-electron chi connectivity index (χ4n) is 0.958. The highest BCUT2D eigenvalue weighted by Crippen LogP contribution is 2.18. The fourth-order valence-corrected chi connectivity index (χ4v) is 0.958. The van der Waals surface area contributed by atoms with Crippen LogP contribution in [-0.4, -0.2) is 12.1 Å². The SMILES string of the molecule is COc1ccc(F)c(C(C)C)n1. The van der Waals surface area contributed by atoms with Gasteiger partial charge in [-0.25, -0.2) is 9.37 Å². The number of aromatic nitrogens is 1. The summed E-state index contributed by atoms with van der Waals surface area (Å²) in [6.07, 6.45) is 0. The van der Waals surface area contributed by atoms with Gasteiger partial charge in [0.25, 0.3) is 0 Å². The summed E-state index contributed by atoms with van der Waals surface area (Å²) >= 11 is 0. The number of rotatable bonds is 2. The average Bonchev–Trinajstić information content (AvgIpc) is 2.05. The van der Waals surface area contributed by atoms with Gasteiger partial charge >= 0.3 is 0 Å². The van der Waals surface area contributed by atoms with Crippen LogP contribution in [0.4, 0.5) is 4.39 Å². The Hall–Kier alpha value is -1.12. The molecule has 0 bridgehead atoms. The second kappa shape index (κ2) is 3.52. The van der Waals surface area contributed by atoms with E-state index in [1.54, 1.807) is 0 Å². The zero-order valence-electron chi connectivity index (χ0n) is 7.47. The van der Waals surface area contributed by atoms with E-state index in [4.69, 9.17) is 4.74 Å². The van der Waals surface area contributed by atoms with Crippen LogP contribution in [0.2, 0.25) is 0 Å². The Morgan fingerprint density at radius 1 is 1.42 bits per heavy atom. The molecule has 0 amide bonds. The minimum atomic E-state index is -0.272. The summed E-state index contributed by atoms with van der Waals surface area (Å²) in [6, 6.07) is 2.89. The van der Waals surface area contributed by atoms with E-state index in [0.29, 0.717) is 11.6 Å². The second-order valence-electron chi connectivity index (χ2n) is 2.88. The van der Waals surface area contributed by atoms with E-state index in [1.165, 1.54) is 19.2 Å². The molecule has 3 heteroatoms. The van der Waals surface area contributed by atoms with Gasteiger partial charge in [-0.2, -0.15) is 0 Å². The first-order valence-electron chi connectivity index (χ1n) is 3.85. The van der Waals surface area contributed by atoms with Crippen LogP contribution in [0.25, 0.3) is 0 Å². The summed E-state index contributed by atoms with van der Waals surface area (Å²) in [5, 5.41) is 0. The number of methoxy groups -OCH3 is 1. The van der Waals surface area contributed by atoms with Crippen LogP contribution in [0.15, 0.2) is 12.1 Å². The molecule has 0 saturated carbocycles. The molecule has 0 spiro atoms. The molecule has 0 aliphatic rings. The number of halogens is 1. The van der Waals surface area contributed by atoms with Crippen LogP contribution >= 0.6 is 0 Å². The van der Waals surface area contributed by atoms with Crippen molar-refractivity contribution in [3.05, 3.63) is 23.6 Å². The van der Waals surface area contributed by atoms with Crippen molar-refractivity contribution >= 4 is 0 Å². The second-order valence-corrected chi connectivity index (χ2v) is 2.88. The molecule has 0 aromatic carbocycles. The first-order chi connectivity index (χ1) is 5.65. The highest BCUT2D eigenvalue weighted by molar-refractivity contribution is 5.19. The van der Waals surface area contributed by atoms with Gasteiger partial charge in [0.15, 0.2) is 0 Å². The quantitative estimate of drug-likeness (QED) is 0.678. The number of nitrogens with zero attached hydrogens (tertiary/aromatic N) is 1. The molecule has 0 fully saturated rings. The van der Waals surface area contributed by atoms with Gasteiger partial charge < -0.3 is 4.74 Å². The van der Waals surface area contributed by atoms with E-state index < -0.39 is 0 Å². The van der Waals surface area contributed by atoms with Crippen molar-refractivity contribution in [3.8, 4) is 5.88 Å². The summed E-state index contributed by atoms with van der Waals surface area (Å²) in [4.78, 5) is 3.99. The predicted octanol–water partition coefficient (Wildman–Crippen LogP) is 2.35. The fraction of sp³-hybridized carbons (Fsp3) is 0.444. The van der Waals surface area contributed by atoms with Crippen molar-refractivity contribution in [2.75, 3.05) is 7.11 Å². The molecule has 0 unspecified atom stereocenters. The topological polar surface area (TPSA) is 22.1 Å². The number of hydrogen-bond donors (Lipinski definition) is 0. The number of ether oxygens (including phenoxy) is 1. The van der Waals surface area contributed by atoms with E-state index >= 15 is 0 Å². The molecule has 0 saturated heterocycles. The Balaban J connectivity index is 3.08. The summed E-state index contributed by atoms with van der Waals surface area (Å²) < 4.78 is 17.9. The summed E-state index contributed by atoms with van der Waals surface area (Å²) in [5.41, 5.74) is 0.453. The van der Waals surface area contributed by atoms with Crippen LogP contribution in [0.3, 0.4) is 0 Å². The molecular weight excluding hydrogens is 157 g/mol. The number of hydrogen-bond acceptors (Lipinski definition) is 2. The zero-order chi connectivity index (χ0) is 9.14. The molecule has 1 heterocycles. The van der Waals surface area contributed by atoms with E-state index in [0.717, 1.165) is 0 Å². The van der Waals surface area contributed by atoms with Gasteiger partial charge in [0, 0.05) is 6.07 Å². The molecule has 0 radical (unpaired) electrons. The first kappa shape index (κ1) is 8.97. The van der Waals surface area contributed by atoms with Gasteiger partial charge in [-0.15, -0.1) is 0 Å². The highest BCUT2D eigenvalue weighted by Gasteiger charge is 2.08. The lowest BCUT2D eigenvalue weighted by molar-refractivity contribution is 0.392. The molecule has 0 aliphatic heterocycles. The normalized spacial score (nSPS) is 10.4. The Labute approximate surface area is 71.4 Å². The lowest BCUT2D eigenvalue weighted by atomic mass is 10.1. The van der Waals surface area contributed by atoms with Gasteiger partial charge in [0.1, 0.15) is 5.82 Å². The van der Waals surface area contributed by atoms with Crippen molar-refractivity contribution in [2.45, 2.75) is 19.8 Å². The van der Waals surface area contributed by atoms with Gasteiger partial charge in [-0.05, 0) is 12.0 Å². The molecule has 0 aliphatic carbocycles.